The zero-order valence-corrected chi connectivity index (χ0v) is 16.5. The summed E-state index contributed by atoms with van der Waals surface area (Å²) in [6.45, 7) is 5.46. The van der Waals surface area contributed by atoms with Crippen molar-refractivity contribution < 1.29 is 14.3 Å². The molecule has 0 unspecified atom stereocenters. The third-order valence-corrected chi connectivity index (χ3v) is 5.47. The number of aryl methyl sites for hydroxylation is 1. The molecule has 0 aromatic heterocycles. The van der Waals surface area contributed by atoms with Gasteiger partial charge in [0.15, 0.2) is 11.5 Å². The molecule has 2 aromatic carbocycles. The van der Waals surface area contributed by atoms with Gasteiger partial charge in [-0.1, -0.05) is 24.3 Å². The smallest absolute Gasteiger partial charge is 0.256 e. The van der Waals surface area contributed by atoms with Crippen LogP contribution in [0.15, 0.2) is 41.4 Å². The molecule has 1 aliphatic heterocycles. The Bertz CT molecular complexity index is 916. The largest absolute Gasteiger partial charge is 0.454 e. The van der Waals surface area contributed by atoms with Crippen LogP contribution in [0.3, 0.4) is 0 Å². The molecule has 146 valence electrons. The van der Waals surface area contributed by atoms with Crippen molar-refractivity contribution in [3.8, 4) is 11.5 Å². The van der Waals surface area contributed by atoms with Crippen molar-refractivity contribution >= 4 is 17.3 Å². The van der Waals surface area contributed by atoms with Gasteiger partial charge in [0, 0.05) is 24.9 Å². The van der Waals surface area contributed by atoms with Crippen molar-refractivity contribution in [1.29, 1.82) is 0 Å². The van der Waals surface area contributed by atoms with Crippen LogP contribution in [-0.2, 0) is 6.42 Å². The summed E-state index contributed by atoms with van der Waals surface area (Å²) >= 11 is 0. The monoisotopic (exact) mass is 378 g/mol. The second kappa shape index (κ2) is 8.05. The summed E-state index contributed by atoms with van der Waals surface area (Å²) in [4.78, 5) is 20.0. The molecule has 0 fully saturated rings. The molecule has 1 aliphatic carbocycles. The number of amides is 1. The first-order valence-corrected chi connectivity index (χ1v) is 10.1. The molecular formula is C23H26N2O3. The van der Waals surface area contributed by atoms with Gasteiger partial charge in [-0.2, -0.15) is 0 Å². The van der Waals surface area contributed by atoms with Crippen LogP contribution < -0.4 is 9.47 Å². The quantitative estimate of drug-likeness (QED) is 0.722. The van der Waals surface area contributed by atoms with E-state index in [1.165, 1.54) is 11.1 Å². The van der Waals surface area contributed by atoms with E-state index in [-0.39, 0.29) is 12.7 Å². The van der Waals surface area contributed by atoms with Crippen molar-refractivity contribution in [2.24, 2.45) is 4.99 Å². The number of ether oxygens (including phenoxy) is 2. The summed E-state index contributed by atoms with van der Waals surface area (Å²) in [5, 5.41) is 0. The Hall–Kier alpha value is -2.82. The van der Waals surface area contributed by atoms with Crippen LogP contribution in [0.1, 0.15) is 54.6 Å². The fourth-order valence-corrected chi connectivity index (χ4v) is 3.90. The summed E-state index contributed by atoms with van der Waals surface area (Å²) in [5.74, 6) is 1.24. The van der Waals surface area contributed by atoms with Gasteiger partial charge >= 0.3 is 0 Å². The highest BCUT2D eigenvalue weighted by molar-refractivity contribution is 6.06. The lowest BCUT2D eigenvalue weighted by atomic mass is 10.0. The lowest BCUT2D eigenvalue weighted by molar-refractivity contribution is 0.0773. The zero-order chi connectivity index (χ0) is 19.5. The summed E-state index contributed by atoms with van der Waals surface area (Å²) in [7, 11) is 0. The Morgan fingerprint density at radius 1 is 1.04 bits per heavy atom. The van der Waals surface area contributed by atoms with Gasteiger partial charge in [-0.15, -0.1) is 0 Å². The number of hydrogen-bond donors (Lipinski definition) is 0. The van der Waals surface area contributed by atoms with Crippen LogP contribution in [0.25, 0.3) is 0 Å². The zero-order valence-electron chi connectivity index (χ0n) is 16.5. The van der Waals surface area contributed by atoms with Gasteiger partial charge in [-0.05, 0) is 56.7 Å². The molecule has 2 aliphatic rings. The minimum atomic E-state index is -0.0236. The average molecular weight is 378 g/mol. The second-order valence-corrected chi connectivity index (χ2v) is 7.12. The molecule has 28 heavy (non-hydrogen) atoms. The van der Waals surface area contributed by atoms with Crippen molar-refractivity contribution in [2.45, 2.75) is 39.5 Å². The molecule has 0 radical (unpaired) electrons. The number of benzene rings is 2. The summed E-state index contributed by atoms with van der Waals surface area (Å²) in [6.07, 6.45) is 4.23. The number of hydrogen-bond acceptors (Lipinski definition) is 4. The number of fused-ring (bicyclic) bond motifs is 2. The lowest BCUT2D eigenvalue weighted by Gasteiger charge is -2.20. The van der Waals surface area contributed by atoms with E-state index in [0.717, 1.165) is 31.4 Å². The van der Waals surface area contributed by atoms with E-state index in [9.17, 15) is 4.79 Å². The van der Waals surface area contributed by atoms with Gasteiger partial charge in [0.1, 0.15) is 0 Å². The van der Waals surface area contributed by atoms with Gasteiger partial charge in [0.2, 0.25) is 6.79 Å². The number of carbonyl (C=O) groups excluding carboxylic acids is 1. The highest BCUT2D eigenvalue weighted by Crippen LogP contribution is 2.39. The molecule has 0 bridgehead atoms. The summed E-state index contributed by atoms with van der Waals surface area (Å²) < 4.78 is 11.1. The van der Waals surface area contributed by atoms with Crippen LogP contribution in [0.5, 0.6) is 11.5 Å². The van der Waals surface area contributed by atoms with Crippen LogP contribution in [-0.4, -0.2) is 36.4 Å². The van der Waals surface area contributed by atoms with Gasteiger partial charge in [0.25, 0.3) is 5.91 Å². The van der Waals surface area contributed by atoms with E-state index in [0.29, 0.717) is 35.8 Å². The van der Waals surface area contributed by atoms with Gasteiger partial charge in [0.05, 0.1) is 11.3 Å². The van der Waals surface area contributed by atoms with Crippen molar-refractivity contribution in [3.05, 3.63) is 53.1 Å². The Morgan fingerprint density at radius 2 is 1.75 bits per heavy atom. The molecule has 2 aromatic rings. The Balaban J connectivity index is 1.83. The van der Waals surface area contributed by atoms with E-state index >= 15 is 0 Å². The highest BCUT2D eigenvalue weighted by atomic mass is 16.7. The number of carbonyl (C=O) groups is 1. The molecule has 0 atom stereocenters. The van der Waals surface area contributed by atoms with Crippen LogP contribution in [0.4, 0.5) is 5.69 Å². The van der Waals surface area contributed by atoms with Crippen LogP contribution >= 0.6 is 0 Å². The third kappa shape index (κ3) is 3.49. The predicted octanol–water partition coefficient (Wildman–Crippen LogP) is 4.74. The molecule has 0 saturated carbocycles. The van der Waals surface area contributed by atoms with Crippen molar-refractivity contribution in [3.63, 3.8) is 0 Å². The first-order valence-electron chi connectivity index (χ1n) is 10.1. The minimum absolute atomic E-state index is 0.0236. The van der Waals surface area contributed by atoms with E-state index in [1.807, 2.05) is 24.8 Å². The maximum Gasteiger partial charge on any atom is 0.256 e. The second-order valence-electron chi connectivity index (χ2n) is 7.12. The number of aliphatic imine (C=N–C) groups is 1. The Kier molecular flexibility index (Phi) is 5.33. The Morgan fingerprint density at radius 3 is 2.54 bits per heavy atom. The normalized spacial score (nSPS) is 16.6. The SMILES string of the molecule is CCN(CC)C(=O)c1cc2c(cc1N=C1CCCCc3ccccc31)OCO2. The first kappa shape index (κ1) is 18.5. The standard InChI is InChI=1S/C23H26N2O3/c1-3-25(4-2)23(26)18-13-21-22(28-15-27-21)14-20(18)24-19-12-8-6-10-16-9-5-7-11-17(16)19/h5,7,9,11,13-14H,3-4,6,8,10,12,15H2,1-2H3. The molecule has 0 spiro atoms. The molecule has 5 heteroatoms. The van der Waals surface area contributed by atoms with Crippen LogP contribution in [0.2, 0.25) is 0 Å². The molecule has 1 heterocycles. The maximum absolute atomic E-state index is 13.1. The molecule has 5 nitrogen and oxygen atoms in total. The third-order valence-electron chi connectivity index (χ3n) is 5.47. The van der Waals surface area contributed by atoms with Crippen molar-refractivity contribution in [1.82, 2.24) is 4.90 Å². The molecule has 0 N–H and O–H groups in total. The van der Waals surface area contributed by atoms with Crippen molar-refractivity contribution in [2.75, 3.05) is 19.9 Å². The minimum Gasteiger partial charge on any atom is -0.454 e. The lowest BCUT2D eigenvalue weighted by Crippen LogP contribution is -2.30. The topological polar surface area (TPSA) is 51.1 Å². The molecule has 0 saturated heterocycles. The fraction of sp³-hybridized carbons (Fsp3) is 0.391. The van der Waals surface area contributed by atoms with Gasteiger partial charge in [-0.25, -0.2) is 0 Å². The van der Waals surface area contributed by atoms with E-state index in [2.05, 4.69) is 24.3 Å². The molecule has 4 rings (SSSR count). The Labute approximate surface area is 166 Å². The predicted molar refractivity (Wildman–Crippen MR) is 110 cm³/mol. The van der Waals surface area contributed by atoms with E-state index in [4.69, 9.17) is 14.5 Å². The maximum atomic E-state index is 13.1. The van der Waals surface area contributed by atoms with Crippen LogP contribution in [0, 0.1) is 0 Å². The molecule has 1 amide bonds. The summed E-state index contributed by atoms with van der Waals surface area (Å²) in [6, 6.07) is 12.1. The highest BCUT2D eigenvalue weighted by Gasteiger charge is 2.24. The average Bonchev–Trinajstić information content (AvgIpc) is 3.08. The van der Waals surface area contributed by atoms with E-state index in [1.54, 1.807) is 6.07 Å². The molecular weight excluding hydrogens is 352 g/mol. The summed E-state index contributed by atoms with van der Waals surface area (Å²) in [5.41, 5.74) is 4.80. The number of rotatable bonds is 4. The van der Waals surface area contributed by atoms with Gasteiger partial charge < -0.3 is 14.4 Å². The van der Waals surface area contributed by atoms with Gasteiger partial charge in [-0.3, -0.25) is 9.79 Å². The van der Waals surface area contributed by atoms with E-state index < -0.39 is 0 Å². The first-order chi connectivity index (χ1) is 13.7. The fourth-order valence-electron chi connectivity index (χ4n) is 3.90. The number of nitrogens with zero attached hydrogens (tertiary/aromatic N) is 2.